The lowest BCUT2D eigenvalue weighted by Gasteiger charge is -2.23. The number of hydrogen-bond donors (Lipinski definition) is 4. The minimum absolute atomic E-state index is 0.0121. The van der Waals surface area contributed by atoms with Gasteiger partial charge in [-0.3, -0.25) is 25.2 Å². The lowest BCUT2D eigenvalue weighted by molar-refractivity contribution is -0.145. The van der Waals surface area contributed by atoms with Gasteiger partial charge >= 0.3 is 5.97 Å². The second-order valence-corrected chi connectivity index (χ2v) is 7.59. The van der Waals surface area contributed by atoms with E-state index in [2.05, 4.69) is 15.7 Å². The fourth-order valence-corrected chi connectivity index (χ4v) is 3.20. The maximum Gasteiger partial charge on any atom is 0.322 e. The first kappa shape index (κ1) is 25.1. The summed E-state index contributed by atoms with van der Waals surface area (Å²) in [4.78, 5) is 25.0. The van der Waals surface area contributed by atoms with E-state index in [1.165, 1.54) is 7.05 Å². The van der Waals surface area contributed by atoms with Crippen LogP contribution < -0.4 is 22.3 Å². The van der Waals surface area contributed by atoms with Crippen LogP contribution in [0.15, 0.2) is 53.6 Å². The number of benzene rings is 2. The Labute approximate surface area is 192 Å². The molecule has 0 aliphatic heterocycles. The van der Waals surface area contributed by atoms with Crippen molar-refractivity contribution in [1.29, 1.82) is 0 Å². The van der Waals surface area contributed by atoms with Gasteiger partial charge in [0.05, 0.1) is 12.6 Å². The molecule has 10 heteroatoms. The Morgan fingerprint density at radius 3 is 2.44 bits per heavy atom. The van der Waals surface area contributed by atoms with Crippen LogP contribution in [0.1, 0.15) is 19.4 Å². The van der Waals surface area contributed by atoms with Gasteiger partial charge in [-0.15, -0.1) is 5.10 Å². The number of guanidine groups is 1. The van der Waals surface area contributed by atoms with Crippen LogP contribution in [0.25, 0.3) is 11.1 Å². The zero-order chi connectivity index (χ0) is 23.7. The fourth-order valence-electron chi connectivity index (χ4n) is 3.01. The number of nitrogens with two attached hydrogens (primary N) is 2. The third-order valence-corrected chi connectivity index (χ3v) is 4.89. The highest BCUT2D eigenvalue weighted by Gasteiger charge is 2.26. The van der Waals surface area contributed by atoms with E-state index in [-0.39, 0.29) is 12.6 Å². The molecule has 2 rings (SSSR count). The first-order valence-electron chi connectivity index (χ1n) is 10.1. The maximum absolute atomic E-state index is 12.9. The Hall–Kier alpha value is -3.14. The van der Waals surface area contributed by atoms with Crippen LogP contribution in [0.3, 0.4) is 0 Å². The first-order valence-corrected chi connectivity index (χ1v) is 10.5. The van der Waals surface area contributed by atoms with Crippen LogP contribution >= 0.6 is 11.6 Å². The van der Waals surface area contributed by atoms with E-state index < -0.39 is 24.0 Å². The molecule has 172 valence electrons. The summed E-state index contributed by atoms with van der Waals surface area (Å²) in [6, 6.07) is 13.8. The Balaban J connectivity index is 2.21. The first-order chi connectivity index (χ1) is 15.2. The Morgan fingerprint density at radius 2 is 1.88 bits per heavy atom. The summed E-state index contributed by atoms with van der Waals surface area (Å²) in [6.45, 7) is 3.60. The highest BCUT2D eigenvalue weighted by atomic mass is 35.5. The number of ether oxygens (including phenoxy) is 1. The number of nitrogens with one attached hydrogen (secondary N) is 2. The molecule has 0 saturated carbocycles. The average Bonchev–Trinajstić information content (AvgIpc) is 2.77. The van der Waals surface area contributed by atoms with Gasteiger partial charge in [0.25, 0.3) is 0 Å². The third-order valence-electron chi connectivity index (χ3n) is 4.65. The van der Waals surface area contributed by atoms with Crippen molar-refractivity contribution in [3.8, 4) is 11.1 Å². The van der Waals surface area contributed by atoms with E-state index in [0.29, 0.717) is 11.4 Å². The molecule has 0 heterocycles. The van der Waals surface area contributed by atoms with E-state index in [1.807, 2.05) is 48.5 Å². The second kappa shape index (κ2) is 12.0. The molecule has 6 N–H and O–H groups in total. The van der Waals surface area contributed by atoms with Gasteiger partial charge < -0.3 is 10.6 Å². The van der Waals surface area contributed by atoms with Crippen LogP contribution in [0, 0.1) is 0 Å². The molecule has 0 spiro atoms. The number of halogens is 1. The smallest absolute Gasteiger partial charge is 0.322 e. The number of nitrogens with zero attached hydrogens (tertiary/aromatic N) is 2. The summed E-state index contributed by atoms with van der Waals surface area (Å²) in [5, 5.41) is 10.8. The van der Waals surface area contributed by atoms with E-state index in [9.17, 15) is 9.59 Å². The molecule has 0 fully saturated rings. The van der Waals surface area contributed by atoms with Crippen molar-refractivity contribution in [2.24, 2.45) is 16.8 Å². The van der Waals surface area contributed by atoms with E-state index in [1.54, 1.807) is 13.8 Å². The van der Waals surface area contributed by atoms with Gasteiger partial charge in [0.2, 0.25) is 11.9 Å². The molecule has 2 aromatic rings. The predicted octanol–water partition coefficient (Wildman–Crippen LogP) is 1.61. The Bertz CT molecular complexity index is 949. The van der Waals surface area contributed by atoms with Crippen LogP contribution in [-0.4, -0.2) is 48.6 Å². The Kier molecular flexibility index (Phi) is 9.45. The van der Waals surface area contributed by atoms with E-state index >= 15 is 0 Å². The number of amides is 1. The van der Waals surface area contributed by atoms with Crippen LogP contribution in [0.4, 0.5) is 0 Å². The molecule has 0 aromatic heterocycles. The zero-order valence-corrected chi connectivity index (χ0v) is 19.1. The summed E-state index contributed by atoms with van der Waals surface area (Å²) in [5.41, 5.74) is 2.86. The number of carbonyl (C=O) groups is 2. The van der Waals surface area contributed by atoms with Crippen molar-refractivity contribution in [3.05, 3.63) is 59.1 Å². The molecule has 2 aromatic carbocycles. The van der Waals surface area contributed by atoms with E-state index in [0.717, 1.165) is 21.7 Å². The van der Waals surface area contributed by atoms with Gasteiger partial charge in [0.15, 0.2) is 0 Å². The van der Waals surface area contributed by atoms with Gasteiger partial charge in [0, 0.05) is 12.1 Å². The monoisotopic (exact) mass is 460 g/mol. The lowest BCUT2D eigenvalue weighted by atomic mass is 10.00. The molecular formula is C22H29ClN6O3. The highest BCUT2D eigenvalue weighted by Crippen LogP contribution is 2.23. The Morgan fingerprint density at radius 1 is 1.19 bits per heavy atom. The molecule has 0 unspecified atom stereocenters. The zero-order valence-electron chi connectivity index (χ0n) is 18.3. The molecule has 9 nitrogen and oxygen atoms in total. The number of rotatable bonds is 8. The van der Waals surface area contributed by atoms with Gasteiger partial charge in [0.1, 0.15) is 6.04 Å². The summed E-state index contributed by atoms with van der Waals surface area (Å²) in [5.74, 6) is 10.0. The minimum atomic E-state index is -0.775. The SMILES string of the molecule is CCOC(=O)[C@H](C)N[C@@H](Cc1ccc(-c2cccc(Cl)c2)cc1)C(=O)NC(=NN)N(C)N. The number of esters is 1. The van der Waals surface area contributed by atoms with Crippen molar-refractivity contribution in [2.45, 2.75) is 32.4 Å². The molecule has 1 amide bonds. The fraction of sp³-hybridized carbons (Fsp3) is 0.318. The lowest BCUT2D eigenvalue weighted by Crippen LogP contribution is -2.55. The van der Waals surface area contributed by atoms with Crippen molar-refractivity contribution < 1.29 is 14.3 Å². The topological polar surface area (TPSA) is 135 Å². The van der Waals surface area contributed by atoms with Crippen molar-refractivity contribution in [3.63, 3.8) is 0 Å². The third kappa shape index (κ3) is 7.23. The van der Waals surface area contributed by atoms with E-state index in [4.69, 9.17) is 28.0 Å². The van der Waals surface area contributed by atoms with Gasteiger partial charge in [-0.1, -0.05) is 48.0 Å². The molecule has 0 saturated heterocycles. The van der Waals surface area contributed by atoms with Crippen molar-refractivity contribution in [2.75, 3.05) is 13.7 Å². The maximum atomic E-state index is 12.9. The molecule has 2 atom stereocenters. The van der Waals surface area contributed by atoms with Crippen molar-refractivity contribution >= 4 is 29.4 Å². The van der Waals surface area contributed by atoms with Gasteiger partial charge in [-0.05, 0) is 49.1 Å². The molecule has 32 heavy (non-hydrogen) atoms. The second-order valence-electron chi connectivity index (χ2n) is 7.16. The molecule has 0 aliphatic carbocycles. The summed E-state index contributed by atoms with van der Waals surface area (Å²) >= 11 is 6.08. The number of hydrazone groups is 1. The van der Waals surface area contributed by atoms with Crippen LogP contribution in [0.5, 0.6) is 0 Å². The summed E-state index contributed by atoms with van der Waals surface area (Å²) in [6.07, 6.45) is 0.303. The molecule has 0 aliphatic rings. The standard InChI is InChI=1S/C22H29ClN6O3/c1-4-32-21(31)14(2)26-19(20(30)27-22(28-24)29(3)25)12-15-8-10-16(11-9-15)17-6-5-7-18(23)13-17/h5-11,13-14,19,26H,4,12,24-25H2,1-3H3,(H,27,28,30)/t14-,19-/m0/s1. The highest BCUT2D eigenvalue weighted by molar-refractivity contribution is 6.30. The summed E-state index contributed by atoms with van der Waals surface area (Å²) in [7, 11) is 1.49. The van der Waals surface area contributed by atoms with Gasteiger partial charge in [-0.25, -0.2) is 5.84 Å². The molecule has 0 bridgehead atoms. The summed E-state index contributed by atoms with van der Waals surface area (Å²) < 4.78 is 5.03. The van der Waals surface area contributed by atoms with Gasteiger partial charge in [-0.2, -0.15) is 0 Å². The largest absolute Gasteiger partial charge is 0.465 e. The molecule has 0 radical (unpaired) electrons. The predicted molar refractivity (Wildman–Crippen MR) is 125 cm³/mol. The normalized spacial score (nSPS) is 13.2. The molecular weight excluding hydrogens is 432 g/mol. The number of carbonyl (C=O) groups excluding carboxylic acids is 2. The quantitative estimate of drug-likeness (QED) is 0.154. The average molecular weight is 461 g/mol. The number of hydrazine groups is 1. The van der Waals surface area contributed by atoms with Crippen LogP contribution in [-0.2, 0) is 20.7 Å². The van der Waals surface area contributed by atoms with Crippen LogP contribution in [0.2, 0.25) is 5.02 Å². The number of hydrogen-bond acceptors (Lipinski definition) is 7. The van der Waals surface area contributed by atoms with Crippen molar-refractivity contribution in [1.82, 2.24) is 15.6 Å². The minimum Gasteiger partial charge on any atom is -0.465 e.